The van der Waals surface area contributed by atoms with Gasteiger partial charge in [-0.05, 0) is 30.2 Å². The first-order valence-corrected chi connectivity index (χ1v) is 7.46. The standard InChI is InChI=1S/C18H18N2O4/c21-17(22)16-11-6-10-15(20-16)9-4-5-12-19-18(23)24-13-14-7-2-1-3-8-14/h1-4,6-11H,5,12-13H2,(H,19,23)(H,21,22). The lowest BCUT2D eigenvalue weighted by Crippen LogP contribution is -2.24. The molecule has 0 aliphatic heterocycles. The maximum Gasteiger partial charge on any atom is 0.407 e. The average Bonchev–Trinajstić information content (AvgIpc) is 2.61. The first-order valence-electron chi connectivity index (χ1n) is 7.46. The number of alkyl carbamates (subject to hydrolysis) is 1. The molecule has 1 aromatic heterocycles. The Bertz CT molecular complexity index is 714. The number of hydrogen-bond donors (Lipinski definition) is 2. The molecule has 0 fully saturated rings. The number of rotatable bonds is 7. The van der Waals surface area contributed by atoms with Crippen molar-refractivity contribution in [3.05, 3.63) is 71.6 Å². The van der Waals surface area contributed by atoms with Crippen molar-refractivity contribution in [3.63, 3.8) is 0 Å². The van der Waals surface area contributed by atoms with Gasteiger partial charge in [-0.1, -0.05) is 42.5 Å². The lowest BCUT2D eigenvalue weighted by Gasteiger charge is -2.05. The van der Waals surface area contributed by atoms with Gasteiger partial charge in [0.1, 0.15) is 12.3 Å². The molecule has 0 saturated carbocycles. The predicted octanol–water partition coefficient (Wildman–Crippen LogP) is 3.11. The Morgan fingerprint density at radius 2 is 1.92 bits per heavy atom. The Balaban J connectivity index is 1.68. The Kier molecular flexibility index (Phi) is 6.52. The third-order valence-corrected chi connectivity index (χ3v) is 3.07. The Labute approximate surface area is 139 Å². The van der Waals surface area contributed by atoms with E-state index in [9.17, 15) is 9.59 Å². The number of carboxylic acid groups (broad SMARTS) is 1. The van der Waals surface area contributed by atoms with Gasteiger partial charge in [-0.15, -0.1) is 0 Å². The molecule has 24 heavy (non-hydrogen) atoms. The van der Waals surface area contributed by atoms with Gasteiger partial charge in [-0.2, -0.15) is 0 Å². The molecule has 2 rings (SSSR count). The SMILES string of the molecule is O=C(NCCC=Cc1cccc(C(=O)O)n1)OCc1ccccc1. The fourth-order valence-corrected chi connectivity index (χ4v) is 1.90. The van der Waals surface area contributed by atoms with Gasteiger partial charge in [0.2, 0.25) is 0 Å². The highest BCUT2D eigenvalue weighted by Crippen LogP contribution is 2.03. The molecule has 124 valence electrons. The maximum atomic E-state index is 11.5. The van der Waals surface area contributed by atoms with E-state index in [0.717, 1.165) is 5.56 Å². The molecule has 0 saturated heterocycles. The Morgan fingerprint density at radius 1 is 1.12 bits per heavy atom. The number of aromatic carboxylic acids is 1. The number of nitrogens with one attached hydrogen (secondary N) is 1. The van der Waals surface area contributed by atoms with E-state index in [0.29, 0.717) is 18.7 Å². The second kappa shape index (κ2) is 9.09. The van der Waals surface area contributed by atoms with Gasteiger partial charge in [0.05, 0.1) is 5.69 Å². The predicted molar refractivity (Wildman–Crippen MR) is 89.5 cm³/mol. The highest BCUT2D eigenvalue weighted by Gasteiger charge is 2.03. The molecule has 0 aliphatic rings. The number of nitrogens with zero attached hydrogens (tertiary/aromatic N) is 1. The van der Waals surface area contributed by atoms with Gasteiger partial charge in [0, 0.05) is 6.54 Å². The molecule has 2 N–H and O–H groups in total. The molecule has 1 amide bonds. The molecule has 1 aromatic carbocycles. The van der Waals surface area contributed by atoms with E-state index < -0.39 is 12.1 Å². The summed E-state index contributed by atoms with van der Waals surface area (Å²) in [7, 11) is 0. The molecule has 0 unspecified atom stereocenters. The van der Waals surface area contributed by atoms with E-state index in [1.807, 2.05) is 36.4 Å². The second-order valence-corrected chi connectivity index (χ2v) is 4.93. The molecule has 2 aromatic rings. The number of pyridine rings is 1. The molecule has 0 bridgehead atoms. The van der Waals surface area contributed by atoms with Crippen molar-refractivity contribution in [3.8, 4) is 0 Å². The fraction of sp³-hybridized carbons (Fsp3) is 0.167. The largest absolute Gasteiger partial charge is 0.477 e. The number of aromatic nitrogens is 1. The summed E-state index contributed by atoms with van der Waals surface area (Å²) in [5, 5.41) is 11.5. The van der Waals surface area contributed by atoms with E-state index in [2.05, 4.69) is 10.3 Å². The summed E-state index contributed by atoms with van der Waals surface area (Å²) in [6.07, 6.45) is 3.63. The smallest absolute Gasteiger partial charge is 0.407 e. The molecule has 6 nitrogen and oxygen atoms in total. The Hall–Kier alpha value is -3.15. The first-order chi connectivity index (χ1) is 11.6. The number of hydrogen-bond acceptors (Lipinski definition) is 4. The van der Waals surface area contributed by atoms with Crippen LogP contribution in [0.15, 0.2) is 54.6 Å². The number of carbonyl (C=O) groups excluding carboxylic acids is 1. The van der Waals surface area contributed by atoms with Crippen LogP contribution in [-0.2, 0) is 11.3 Å². The van der Waals surface area contributed by atoms with Gasteiger partial charge >= 0.3 is 12.1 Å². The second-order valence-electron chi connectivity index (χ2n) is 4.93. The fourth-order valence-electron chi connectivity index (χ4n) is 1.90. The quantitative estimate of drug-likeness (QED) is 0.763. The van der Waals surface area contributed by atoms with E-state index in [4.69, 9.17) is 9.84 Å². The van der Waals surface area contributed by atoms with Crippen LogP contribution in [0, 0.1) is 0 Å². The number of benzene rings is 1. The van der Waals surface area contributed by atoms with Crippen LogP contribution in [0.5, 0.6) is 0 Å². The summed E-state index contributed by atoms with van der Waals surface area (Å²) in [5.74, 6) is -1.06. The van der Waals surface area contributed by atoms with Crippen molar-refractivity contribution >= 4 is 18.1 Å². The van der Waals surface area contributed by atoms with E-state index in [1.165, 1.54) is 6.07 Å². The normalized spacial score (nSPS) is 10.5. The van der Waals surface area contributed by atoms with Gasteiger partial charge < -0.3 is 15.2 Å². The van der Waals surface area contributed by atoms with Gasteiger partial charge in [0.25, 0.3) is 0 Å². The van der Waals surface area contributed by atoms with Gasteiger partial charge in [-0.3, -0.25) is 0 Å². The Morgan fingerprint density at radius 3 is 2.67 bits per heavy atom. The van der Waals surface area contributed by atoms with Crippen LogP contribution < -0.4 is 5.32 Å². The topological polar surface area (TPSA) is 88.5 Å². The van der Waals surface area contributed by atoms with Gasteiger partial charge in [0.15, 0.2) is 0 Å². The third-order valence-electron chi connectivity index (χ3n) is 3.07. The minimum atomic E-state index is -1.06. The van der Waals surface area contributed by atoms with Crippen LogP contribution in [0.2, 0.25) is 0 Å². The van der Waals surface area contributed by atoms with Crippen molar-refractivity contribution in [1.29, 1.82) is 0 Å². The molecule has 0 atom stereocenters. The molecule has 0 aliphatic carbocycles. The number of amides is 1. The highest BCUT2D eigenvalue weighted by molar-refractivity contribution is 5.85. The monoisotopic (exact) mass is 326 g/mol. The minimum Gasteiger partial charge on any atom is -0.477 e. The van der Waals surface area contributed by atoms with Crippen LogP contribution in [0.1, 0.15) is 28.2 Å². The molecular formula is C18H18N2O4. The zero-order valence-electron chi connectivity index (χ0n) is 13.0. The summed E-state index contributed by atoms with van der Waals surface area (Å²) in [6, 6.07) is 14.2. The van der Waals surface area contributed by atoms with Crippen molar-refractivity contribution in [2.75, 3.05) is 6.54 Å². The average molecular weight is 326 g/mol. The van der Waals surface area contributed by atoms with Crippen LogP contribution in [0.3, 0.4) is 0 Å². The number of ether oxygens (including phenoxy) is 1. The van der Waals surface area contributed by atoms with Crippen LogP contribution in [0.4, 0.5) is 4.79 Å². The van der Waals surface area contributed by atoms with Crippen molar-refractivity contribution in [2.24, 2.45) is 0 Å². The summed E-state index contributed by atoms with van der Waals surface area (Å²) in [4.78, 5) is 26.3. The van der Waals surface area contributed by atoms with Crippen molar-refractivity contribution in [1.82, 2.24) is 10.3 Å². The number of carboxylic acids is 1. The maximum absolute atomic E-state index is 11.5. The summed E-state index contributed by atoms with van der Waals surface area (Å²) in [5.41, 5.74) is 1.48. The van der Waals surface area contributed by atoms with Crippen LogP contribution >= 0.6 is 0 Å². The van der Waals surface area contributed by atoms with E-state index >= 15 is 0 Å². The van der Waals surface area contributed by atoms with Crippen LogP contribution in [0.25, 0.3) is 6.08 Å². The highest BCUT2D eigenvalue weighted by atomic mass is 16.5. The lowest BCUT2D eigenvalue weighted by atomic mass is 10.2. The molecule has 0 spiro atoms. The zero-order chi connectivity index (χ0) is 17.2. The summed E-state index contributed by atoms with van der Waals surface area (Å²) < 4.78 is 5.08. The number of carbonyl (C=O) groups is 2. The summed E-state index contributed by atoms with van der Waals surface area (Å²) >= 11 is 0. The minimum absolute atomic E-state index is 0.000218. The third kappa shape index (κ3) is 5.92. The van der Waals surface area contributed by atoms with E-state index in [1.54, 1.807) is 18.2 Å². The van der Waals surface area contributed by atoms with Crippen molar-refractivity contribution in [2.45, 2.75) is 13.0 Å². The van der Waals surface area contributed by atoms with Crippen LogP contribution in [-0.4, -0.2) is 28.7 Å². The van der Waals surface area contributed by atoms with E-state index in [-0.39, 0.29) is 12.3 Å². The molecule has 0 radical (unpaired) electrons. The first kappa shape index (κ1) is 17.2. The summed E-state index contributed by atoms with van der Waals surface area (Å²) in [6.45, 7) is 0.650. The van der Waals surface area contributed by atoms with Crippen molar-refractivity contribution < 1.29 is 19.4 Å². The lowest BCUT2D eigenvalue weighted by molar-refractivity contribution is 0.0690. The molecular weight excluding hydrogens is 308 g/mol. The van der Waals surface area contributed by atoms with Gasteiger partial charge in [-0.25, -0.2) is 14.6 Å². The zero-order valence-corrected chi connectivity index (χ0v) is 13.0. The molecule has 6 heteroatoms. The molecule has 1 heterocycles.